The summed E-state index contributed by atoms with van der Waals surface area (Å²) in [5, 5.41) is 0. The monoisotopic (exact) mass is 406 g/mol. The molecule has 2 saturated heterocycles. The van der Waals surface area contributed by atoms with Crippen LogP contribution in [0.15, 0.2) is 54.6 Å². The number of nitrogens with zero attached hydrogens (tertiary/aromatic N) is 4. The first-order valence-electron chi connectivity index (χ1n) is 10.2. The lowest BCUT2D eigenvalue weighted by atomic mass is 10.2. The van der Waals surface area contributed by atoms with Crippen molar-refractivity contribution in [2.75, 3.05) is 42.5 Å². The summed E-state index contributed by atoms with van der Waals surface area (Å²) in [6.07, 6.45) is 0. The molecular formula is C23H26N4O3. The van der Waals surface area contributed by atoms with E-state index in [1.807, 2.05) is 49.4 Å². The molecule has 4 rings (SSSR count). The van der Waals surface area contributed by atoms with E-state index in [-0.39, 0.29) is 18.4 Å². The Hall–Kier alpha value is -3.35. The minimum absolute atomic E-state index is 0.192. The molecule has 2 aromatic carbocycles. The maximum absolute atomic E-state index is 12.9. The molecule has 30 heavy (non-hydrogen) atoms. The van der Waals surface area contributed by atoms with Crippen LogP contribution in [0.1, 0.15) is 12.5 Å². The molecule has 0 bridgehead atoms. The number of imide groups is 1. The summed E-state index contributed by atoms with van der Waals surface area (Å²) < 4.78 is 0. The number of amides is 4. The fourth-order valence-electron chi connectivity index (χ4n) is 4.00. The van der Waals surface area contributed by atoms with E-state index in [2.05, 4.69) is 17.0 Å². The highest BCUT2D eigenvalue weighted by atomic mass is 16.2. The quantitative estimate of drug-likeness (QED) is 0.732. The molecule has 0 spiro atoms. The average molecular weight is 406 g/mol. The number of rotatable bonds is 4. The Bertz CT molecular complexity index is 937. The van der Waals surface area contributed by atoms with E-state index in [0.29, 0.717) is 18.8 Å². The van der Waals surface area contributed by atoms with Crippen LogP contribution in [0.4, 0.5) is 16.2 Å². The van der Waals surface area contributed by atoms with Gasteiger partial charge < -0.3 is 9.80 Å². The Morgan fingerprint density at radius 3 is 2.17 bits per heavy atom. The van der Waals surface area contributed by atoms with Gasteiger partial charge in [-0.1, -0.05) is 35.9 Å². The van der Waals surface area contributed by atoms with E-state index in [9.17, 15) is 14.4 Å². The van der Waals surface area contributed by atoms with Gasteiger partial charge in [0.1, 0.15) is 12.6 Å². The minimum Gasteiger partial charge on any atom is -0.368 e. The molecule has 1 atom stereocenters. The molecule has 2 aliphatic heterocycles. The molecule has 0 N–H and O–H groups in total. The number of para-hydroxylation sites is 1. The summed E-state index contributed by atoms with van der Waals surface area (Å²) in [7, 11) is 0. The lowest BCUT2D eigenvalue weighted by Gasteiger charge is -2.36. The minimum atomic E-state index is -0.622. The van der Waals surface area contributed by atoms with Crippen LogP contribution < -0.4 is 9.80 Å². The third-order valence-electron chi connectivity index (χ3n) is 5.81. The zero-order valence-electron chi connectivity index (χ0n) is 17.3. The molecule has 0 radical (unpaired) electrons. The second-order valence-corrected chi connectivity index (χ2v) is 7.79. The van der Waals surface area contributed by atoms with E-state index in [0.717, 1.165) is 29.2 Å². The van der Waals surface area contributed by atoms with Gasteiger partial charge in [0.05, 0.1) is 0 Å². The largest absolute Gasteiger partial charge is 0.368 e. The Balaban J connectivity index is 1.39. The van der Waals surface area contributed by atoms with Gasteiger partial charge >= 0.3 is 6.03 Å². The van der Waals surface area contributed by atoms with Crippen LogP contribution in [0.5, 0.6) is 0 Å². The van der Waals surface area contributed by atoms with Crippen molar-refractivity contribution in [3.05, 3.63) is 60.2 Å². The van der Waals surface area contributed by atoms with Crippen molar-refractivity contribution >= 4 is 29.2 Å². The number of urea groups is 1. The van der Waals surface area contributed by atoms with E-state index < -0.39 is 12.1 Å². The molecule has 0 aliphatic carbocycles. The lowest BCUT2D eigenvalue weighted by molar-refractivity contribution is -0.137. The highest BCUT2D eigenvalue weighted by molar-refractivity contribution is 6.15. The van der Waals surface area contributed by atoms with Gasteiger partial charge in [0.25, 0.3) is 5.91 Å². The molecule has 2 aromatic rings. The Kier molecular flexibility index (Phi) is 5.44. The molecule has 7 nitrogen and oxygen atoms in total. The van der Waals surface area contributed by atoms with E-state index >= 15 is 0 Å². The maximum atomic E-state index is 12.9. The standard InChI is InChI=1S/C23H26N4O3/c1-17-8-10-20(11-9-17)27-18(2)22(29)26(23(27)30)16-21(28)25-14-12-24(13-15-25)19-6-4-3-5-7-19/h3-11,18H,12-16H2,1-2H3/t18-/m1/s1. The molecule has 0 saturated carbocycles. The van der Waals surface area contributed by atoms with Crippen LogP contribution in [0, 0.1) is 6.92 Å². The van der Waals surface area contributed by atoms with Crippen molar-refractivity contribution < 1.29 is 14.4 Å². The van der Waals surface area contributed by atoms with Gasteiger partial charge in [-0.15, -0.1) is 0 Å². The molecular weight excluding hydrogens is 380 g/mol. The number of carbonyl (C=O) groups is 3. The molecule has 2 heterocycles. The second kappa shape index (κ2) is 8.18. The number of hydrogen-bond acceptors (Lipinski definition) is 4. The third-order valence-corrected chi connectivity index (χ3v) is 5.81. The van der Waals surface area contributed by atoms with Crippen LogP contribution in [0.2, 0.25) is 0 Å². The molecule has 0 unspecified atom stereocenters. The van der Waals surface area contributed by atoms with Crippen LogP contribution >= 0.6 is 0 Å². The van der Waals surface area contributed by atoms with Crippen molar-refractivity contribution in [2.24, 2.45) is 0 Å². The van der Waals surface area contributed by atoms with Crippen LogP contribution in [-0.2, 0) is 9.59 Å². The normalized spacial score (nSPS) is 19.6. The first-order chi connectivity index (χ1) is 14.5. The zero-order valence-corrected chi connectivity index (χ0v) is 17.3. The summed E-state index contributed by atoms with van der Waals surface area (Å²) in [4.78, 5) is 45.0. The van der Waals surface area contributed by atoms with Gasteiger partial charge in [-0.05, 0) is 38.1 Å². The third kappa shape index (κ3) is 3.75. The Morgan fingerprint density at radius 1 is 0.900 bits per heavy atom. The summed E-state index contributed by atoms with van der Waals surface area (Å²) >= 11 is 0. The SMILES string of the molecule is Cc1ccc(N2C(=O)N(CC(=O)N3CCN(c4ccccc4)CC3)C(=O)[C@H]2C)cc1. The predicted molar refractivity (Wildman–Crippen MR) is 115 cm³/mol. The molecule has 7 heteroatoms. The number of carbonyl (C=O) groups excluding carboxylic acids is 3. The van der Waals surface area contributed by atoms with Crippen molar-refractivity contribution in [3.8, 4) is 0 Å². The Labute approximate surface area is 176 Å². The highest BCUT2D eigenvalue weighted by Crippen LogP contribution is 2.26. The van der Waals surface area contributed by atoms with Crippen molar-refractivity contribution in [1.82, 2.24) is 9.80 Å². The van der Waals surface area contributed by atoms with Crippen molar-refractivity contribution in [3.63, 3.8) is 0 Å². The molecule has 4 amide bonds. The average Bonchev–Trinajstić information content (AvgIpc) is 2.98. The van der Waals surface area contributed by atoms with Gasteiger partial charge in [0.2, 0.25) is 5.91 Å². The van der Waals surface area contributed by atoms with Crippen LogP contribution in [0.3, 0.4) is 0 Å². The van der Waals surface area contributed by atoms with E-state index in [4.69, 9.17) is 0 Å². The summed E-state index contributed by atoms with van der Waals surface area (Å²) in [6, 6.07) is 16.5. The topological polar surface area (TPSA) is 64.2 Å². The fraction of sp³-hybridized carbons (Fsp3) is 0.348. The van der Waals surface area contributed by atoms with Gasteiger partial charge in [-0.3, -0.25) is 19.4 Å². The Morgan fingerprint density at radius 2 is 1.53 bits per heavy atom. The first kappa shape index (κ1) is 19.9. The fourth-order valence-corrected chi connectivity index (χ4v) is 4.00. The lowest BCUT2D eigenvalue weighted by Crippen LogP contribution is -2.52. The van der Waals surface area contributed by atoms with E-state index in [1.54, 1.807) is 11.8 Å². The summed E-state index contributed by atoms with van der Waals surface area (Å²) in [6.45, 7) is 6.04. The smallest absolute Gasteiger partial charge is 0.332 e. The van der Waals surface area contributed by atoms with Gasteiger partial charge in [-0.25, -0.2) is 4.79 Å². The van der Waals surface area contributed by atoms with Gasteiger partial charge in [-0.2, -0.15) is 0 Å². The number of hydrogen-bond donors (Lipinski definition) is 0. The highest BCUT2D eigenvalue weighted by Gasteiger charge is 2.44. The zero-order chi connectivity index (χ0) is 21.3. The van der Waals surface area contributed by atoms with Crippen molar-refractivity contribution in [1.29, 1.82) is 0 Å². The summed E-state index contributed by atoms with van der Waals surface area (Å²) in [5.41, 5.74) is 2.88. The molecule has 2 fully saturated rings. The maximum Gasteiger partial charge on any atom is 0.332 e. The predicted octanol–water partition coefficient (Wildman–Crippen LogP) is 2.50. The molecule has 2 aliphatic rings. The van der Waals surface area contributed by atoms with Crippen LogP contribution in [0.25, 0.3) is 0 Å². The number of benzene rings is 2. The molecule has 0 aromatic heterocycles. The molecule has 156 valence electrons. The van der Waals surface area contributed by atoms with Gasteiger partial charge in [0.15, 0.2) is 0 Å². The van der Waals surface area contributed by atoms with Crippen molar-refractivity contribution in [2.45, 2.75) is 19.9 Å². The first-order valence-corrected chi connectivity index (χ1v) is 10.2. The van der Waals surface area contributed by atoms with Crippen LogP contribution in [-0.4, -0.2) is 66.4 Å². The summed E-state index contributed by atoms with van der Waals surface area (Å²) in [5.74, 6) is -0.529. The van der Waals surface area contributed by atoms with E-state index in [1.165, 1.54) is 4.90 Å². The second-order valence-electron chi connectivity index (χ2n) is 7.79. The number of anilines is 2. The van der Waals surface area contributed by atoms with Gasteiger partial charge in [0, 0.05) is 37.6 Å². The number of aryl methyl sites for hydroxylation is 1. The number of piperazine rings is 1.